The minimum Gasteiger partial charge on any atom is -0.490 e. The van der Waals surface area contributed by atoms with Gasteiger partial charge in [0.25, 0.3) is 0 Å². The van der Waals surface area contributed by atoms with Crippen molar-refractivity contribution < 1.29 is 9.47 Å². The van der Waals surface area contributed by atoms with Crippen molar-refractivity contribution in [3.8, 4) is 11.5 Å². The highest BCUT2D eigenvalue weighted by atomic mass is 79.9. The number of halogens is 1. The highest BCUT2D eigenvalue weighted by Crippen LogP contribution is 2.37. The van der Waals surface area contributed by atoms with Crippen molar-refractivity contribution in [2.24, 2.45) is 5.73 Å². The second-order valence-electron chi connectivity index (χ2n) is 4.80. The number of benzene rings is 2. The Balaban J connectivity index is 2.29. The Morgan fingerprint density at radius 3 is 2.59 bits per heavy atom. The Hall–Kier alpha value is -1.59. The van der Waals surface area contributed by atoms with Crippen molar-refractivity contribution in [3.05, 3.63) is 57.6 Å². The zero-order chi connectivity index (χ0) is 16.1. The zero-order valence-corrected chi connectivity index (χ0v) is 15.0. The van der Waals surface area contributed by atoms with Crippen molar-refractivity contribution in [1.82, 2.24) is 0 Å². The van der Waals surface area contributed by atoms with E-state index in [0.29, 0.717) is 29.7 Å². The van der Waals surface area contributed by atoms with Gasteiger partial charge in [-0.1, -0.05) is 36.5 Å². The van der Waals surface area contributed by atoms with Crippen LogP contribution in [0.2, 0.25) is 0 Å². The molecule has 116 valence electrons. The average Bonchev–Trinajstić information content (AvgIpc) is 2.48. The minimum absolute atomic E-state index is 0.326. The van der Waals surface area contributed by atoms with Crippen LogP contribution < -0.4 is 15.2 Å². The number of rotatable bonds is 6. The van der Waals surface area contributed by atoms with Crippen molar-refractivity contribution >= 4 is 33.1 Å². The Morgan fingerprint density at radius 2 is 1.95 bits per heavy atom. The summed E-state index contributed by atoms with van der Waals surface area (Å²) in [5.41, 5.74) is 8.77. The fraction of sp³-hybridized carbons (Fsp3) is 0.235. The van der Waals surface area contributed by atoms with Crippen molar-refractivity contribution in [2.45, 2.75) is 20.5 Å². The Bertz CT molecular complexity index is 688. The second-order valence-corrected chi connectivity index (χ2v) is 6.09. The average molecular weight is 380 g/mol. The number of hydrogen-bond donors (Lipinski definition) is 1. The zero-order valence-electron chi connectivity index (χ0n) is 12.6. The van der Waals surface area contributed by atoms with Crippen LogP contribution >= 0.6 is 28.1 Å². The molecule has 2 aromatic rings. The summed E-state index contributed by atoms with van der Waals surface area (Å²) in [5, 5.41) is 0. The SMILES string of the molecule is CCOc1cc(C(N)=S)cc(Br)c1OCc1ccccc1C. The first kappa shape index (κ1) is 16.8. The van der Waals surface area contributed by atoms with Crippen molar-refractivity contribution in [2.75, 3.05) is 6.61 Å². The standard InChI is InChI=1S/C17H18BrNO2S/c1-3-20-15-9-13(17(19)22)8-14(18)16(15)21-10-12-7-5-4-6-11(12)2/h4-9H,3,10H2,1-2H3,(H2,19,22). The summed E-state index contributed by atoms with van der Waals surface area (Å²) in [6.45, 7) is 4.99. The summed E-state index contributed by atoms with van der Waals surface area (Å²) in [5.74, 6) is 1.29. The number of thiocarbonyl (C=S) groups is 1. The van der Waals surface area contributed by atoms with E-state index in [1.165, 1.54) is 5.56 Å². The third-order valence-corrected chi connectivity index (χ3v) is 4.05. The van der Waals surface area contributed by atoms with E-state index in [-0.39, 0.29) is 0 Å². The molecule has 0 amide bonds. The van der Waals surface area contributed by atoms with Crippen LogP contribution in [0.3, 0.4) is 0 Å². The topological polar surface area (TPSA) is 44.5 Å². The van der Waals surface area contributed by atoms with Gasteiger partial charge in [0.1, 0.15) is 11.6 Å². The van der Waals surface area contributed by atoms with Gasteiger partial charge in [0.05, 0.1) is 11.1 Å². The van der Waals surface area contributed by atoms with Gasteiger partial charge < -0.3 is 15.2 Å². The Kier molecular flexibility index (Phi) is 5.80. The van der Waals surface area contributed by atoms with Gasteiger partial charge in [-0.05, 0) is 53.0 Å². The van der Waals surface area contributed by atoms with Gasteiger partial charge >= 0.3 is 0 Å². The molecule has 0 aliphatic carbocycles. The third kappa shape index (κ3) is 3.99. The molecule has 0 saturated heterocycles. The van der Waals surface area contributed by atoms with E-state index in [0.717, 1.165) is 15.6 Å². The summed E-state index contributed by atoms with van der Waals surface area (Å²) < 4.78 is 12.4. The Morgan fingerprint density at radius 1 is 1.23 bits per heavy atom. The highest BCUT2D eigenvalue weighted by molar-refractivity contribution is 9.10. The molecule has 0 unspecified atom stereocenters. The van der Waals surface area contributed by atoms with E-state index in [9.17, 15) is 0 Å². The molecule has 0 aromatic heterocycles. The maximum Gasteiger partial charge on any atom is 0.175 e. The molecule has 3 nitrogen and oxygen atoms in total. The van der Waals surface area contributed by atoms with E-state index in [2.05, 4.69) is 28.9 Å². The van der Waals surface area contributed by atoms with E-state index in [1.807, 2.05) is 37.3 Å². The first-order chi connectivity index (χ1) is 10.5. The summed E-state index contributed by atoms with van der Waals surface area (Å²) in [6.07, 6.45) is 0. The summed E-state index contributed by atoms with van der Waals surface area (Å²) in [6, 6.07) is 11.8. The van der Waals surface area contributed by atoms with Crippen LogP contribution in [0.15, 0.2) is 40.9 Å². The van der Waals surface area contributed by atoms with Gasteiger partial charge in [0, 0.05) is 5.56 Å². The lowest BCUT2D eigenvalue weighted by molar-refractivity contribution is 0.267. The van der Waals surface area contributed by atoms with Crippen LogP contribution in [-0.4, -0.2) is 11.6 Å². The molecule has 0 aliphatic heterocycles. The highest BCUT2D eigenvalue weighted by Gasteiger charge is 2.14. The fourth-order valence-corrected chi connectivity index (χ4v) is 2.71. The number of aryl methyl sites for hydroxylation is 1. The van der Waals surface area contributed by atoms with Gasteiger partial charge in [0.15, 0.2) is 11.5 Å². The molecule has 0 fully saturated rings. The third-order valence-electron chi connectivity index (χ3n) is 3.23. The summed E-state index contributed by atoms with van der Waals surface area (Å²) in [4.78, 5) is 0.326. The lowest BCUT2D eigenvalue weighted by atomic mass is 10.1. The predicted octanol–water partition coefficient (Wildman–Crippen LogP) is 4.37. The number of ether oxygens (including phenoxy) is 2. The van der Waals surface area contributed by atoms with Crippen LogP contribution in [0, 0.1) is 6.92 Å². The summed E-state index contributed by atoms with van der Waals surface area (Å²) >= 11 is 8.54. The van der Waals surface area contributed by atoms with Gasteiger partial charge in [-0.3, -0.25) is 0 Å². The molecule has 0 bridgehead atoms. The van der Waals surface area contributed by atoms with Gasteiger partial charge in [0.2, 0.25) is 0 Å². The monoisotopic (exact) mass is 379 g/mol. The molecule has 0 atom stereocenters. The van der Waals surface area contributed by atoms with Crippen LogP contribution in [0.25, 0.3) is 0 Å². The van der Waals surface area contributed by atoms with Gasteiger partial charge in [-0.15, -0.1) is 0 Å². The van der Waals surface area contributed by atoms with E-state index < -0.39 is 0 Å². The molecule has 0 aliphatic rings. The second kappa shape index (κ2) is 7.61. The van der Waals surface area contributed by atoms with E-state index >= 15 is 0 Å². The molecular weight excluding hydrogens is 362 g/mol. The number of nitrogens with two attached hydrogens (primary N) is 1. The smallest absolute Gasteiger partial charge is 0.175 e. The van der Waals surface area contributed by atoms with Crippen LogP contribution in [0.4, 0.5) is 0 Å². The lowest BCUT2D eigenvalue weighted by Gasteiger charge is -2.16. The maximum absolute atomic E-state index is 5.97. The maximum atomic E-state index is 5.97. The molecule has 5 heteroatoms. The first-order valence-electron chi connectivity index (χ1n) is 6.96. The molecule has 22 heavy (non-hydrogen) atoms. The van der Waals surface area contributed by atoms with Crippen LogP contribution in [0.1, 0.15) is 23.6 Å². The van der Waals surface area contributed by atoms with Gasteiger partial charge in [-0.25, -0.2) is 0 Å². The Labute approximate surface area is 144 Å². The van der Waals surface area contributed by atoms with Crippen molar-refractivity contribution in [3.63, 3.8) is 0 Å². The quantitative estimate of drug-likeness (QED) is 0.756. The van der Waals surface area contributed by atoms with Crippen LogP contribution in [-0.2, 0) is 6.61 Å². The minimum atomic E-state index is 0.326. The molecular formula is C17H18BrNO2S. The molecule has 0 saturated carbocycles. The van der Waals surface area contributed by atoms with E-state index in [1.54, 1.807) is 0 Å². The molecule has 0 spiro atoms. The molecule has 2 aromatic carbocycles. The number of hydrogen-bond acceptors (Lipinski definition) is 3. The summed E-state index contributed by atoms with van der Waals surface area (Å²) in [7, 11) is 0. The van der Waals surface area contributed by atoms with Crippen molar-refractivity contribution in [1.29, 1.82) is 0 Å². The predicted molar refractivity (Wildman–Crippen MR) is 96.7 cm³/mol. The van der Waals surface area contributed by atoms with E-state index in [4.69, 9.17) is 27.4 Å². The normalized spacial score (nSPS) is 10.3. The first-order valence-corrected chi connectivity index (χ1v) is 8.16. The molecule has 2 N–H and O–H groups in total. The molecule has 0 radical (unpaired) electrons. The largest absolute Gasteiger partial charge is 0.490 e. The van der Waals surface area contributed by atoms with Crippen LogP contribution in [0.5, 0.6) is 11.5 Å². The molecule has 0 heterocycles. The molecule has 2 rings (SSSR count). The fourth-order valence-electron chi connectivity index (χ4n) is 2.04. The van der Waals surface area contributed by atoms with Gasteiger partial charge in [-0.2, -0.15) is 0 Å². The lowest BCUT2D eigenvalue weighted by Crippen LogP contribution is -2.10.